The van der Waals surface area contributed by atoms with Crippen molar-refractivity contribution in [2.24, 2.45) is 0 Å². The van der Waals surface area contributed by atoms with Crippen LogP contribution < -0.4 is 0 Å². The van der Waals surface area contributed by atoms with Crippen LogP contribution in [0.15, 0.2) is 148 Å². The molecule has 0 unspecified atom stereocenters. The Kier molecular flexibility index (Phi) is 10.4. The summed E-state index contributed by atoms with van der Waals surface area (Å²) in [6.45, 7) is 10.1. The smallest absolute Gasteiger partial charge is 0.136 e. The Morgan fingerprint density at radius 1 is 0.706 bits per heavy atom. The molecular weight excluding hydrogens is 1010 g/mol. The number of benzene rings is 7. The molecule has 11 rings (SSSR count). The third kappa shape index (κ3) is 8.23. The zero-order valence-electron chi connectivity index (χ0n) is 44.9. The number of para-hydroxylation sites is 1. The maximum atomic E-state index is 9.48. The van der Waals surface area contributed by atoms with Gasteiger partial charge in [0.05, 0.1) is 34.1 Å². The number of pyridine rings is 1. The maximum Gasteiger partial charge on any atom is 0.136 e. The Bertz CT molecular complexity index is 3920. The minimum Gasteiger partial charge on any atom is -0.501 e. The van der Waals surface area contributed by atoms with Gasteiger partial charge in [-0.2, -0.15) is 5.26 Å². The van der Waals surface area contributed by atoms with Crippen molar-refractivity contribution in [3.8, 4) is 45.5 Å². The van der Waals surface area contributed by atoms with Crippen LogP contribution in [0.3, 0.4) is 0 Å². The molecule has 339 valence electrons. The van der Waals surface area contributed by atoms with Crippen LogP contribution in [0.1, 0.15) is 102 Å². The fourth-order valence-corrected chi connectivity index (χ4v) is 9.05. The summed E-state index contributed by atoms with van der Waals surface area (Å²) in [7, 11) is 0. The van der Waals surface area contributed by atoms with Gasteiger partial charge in [-0.15, -0.1) is 53.6 Å². The van der Waals surface area contributed by atoms with Gasteiger partial charge >= 0.3 is 0 Å². The van der Waals surface area contributed by atoms with Gasteiger partial charge in [-0.1, -0.05) is 115 Å². The van der Waals surface area contributed by atoms with E-state index in [-0.39, 0.29) is 54.1 Å². The molecule has 0 saturated heterocycles. The van der Waals surface area contributed by atoms with Gasteiger partial charge < -0.3 is 18.4 Å². The molecule has 4 heterocycles. The molecule has 7 aromatic carbocycles. The number of hydrogen-bond donors (Lipinski definition) is 0. The minimum atomic E-state index is -2.54. The number of imidazole rings is 1. The zero-order chi connectivity index (χ0) is 51.7. The fraction of sp³-hybridized carbons (Fsp3) is 0.197. The van der Waals surface area contributed by atoms with Gasteiger partial charge in [-0.3, -0.25) is 4.98 Å². The predicted molar refractivity (Wildman–Crippen MR) is 275 cm³/mol. The molecule has 7 heteroatoms. The largest absolute Gasteiger partial charge is 0.501 e. The number of aromatic nitrogens is 3. The van der Waals surface area contributed by atoms with Gasteiger partial charge in [0.15, 0.2) is 0 Å². The van der Waals surface area contributed by atoms with Crippen LogP contribution in [0.5, 0.6) is 0 Å². The van der Waals surface area contributed by atoms with Gasteiger partial charge in [0.25, 0.3) is 0 Å². The average molecular weight is 1070 g/mol. The molecule has 68 heavy (non-hydrogen) atoms. The Labute approximate surface area is 420 Å². The first-order chi connectivity index (χ1) is 34.7. The summed E-state index contributed by atoms with van der Waals surface area (Å²) >= 11 is 0. The molecule has 0 amide bonds. The van der Waals surface area contributed by atoms with E-state index in [1.165, 1.54) is 11.6 Å². The second-order valence-corrected chi connectivity index (χ2v) is 18.7. The molecule has 6 nitrogen and oxygen atoms in total. The third-order valence-corrected chi connectivity index (χ3v) is 12.5. The van der Waals surface area contributed by atoms with Crippen LogP contribution in [0, 0.1) is 37.2 Å². The van der Waals surface area contributed by atoms with Gasteiger partial charge in [0.2, 0.25) is 0 Å². The van der Waals surface area contributed by atoms with E-state index in [0.29, 0.717) is 55.5 Å². The van der Waals surface area contributed by atoms with E-state index in [9.17, 15) is 5.26 Å². The van der Waals surface area contributed by atoms with Gasteiger partial charge in [-0.05, 0) is 118 Å². The normalized spacial score (nSPS) is 13.4. The molecule has 0 fully saturated rings. The maximum absolute atomic E-state index is 9.48. The molecule has 0 spiro atoms. The zero-order valence-corrected chi connectivity index (χ0v) is 41.3. The van der Waals surface area contributed by atoms with E-state index < -0.39 is 13.7 Å². The number of nitrogens with zero attached hydrogens (tertiary/aromatic N) is 4. The van der Waals surface area contributed by atoms with Crippen molar-refractivity contribution in [3.63, 3.8) is 0 Å². The number of nitriles is 1. The molecule has 0 aliphatic rings. The van der Waals surface area contributed by atoms with E-state index in [0.717, 1.165) is 50.0 Å². The van der Waals surface area contributed by atoms with E-state index in [2.05, 4.69) is 108 Å². The Morgan fingerprint density at radius 3 is 2.12 bits per heavy atom. The fourth-order valence-electron chi connectivity index (χ4n) is 9.05. The van der Waals surface area contributed by atoms with Crippen LogP contribution in [-0.2, 0) is 25.5 Å². The summed E-state index contributed by atoms with van der Waals surface area (Å²) in [6.07, 6.45) is 1.87. The van der Waals surface area contributed by atoms with Gasteiger partial charge in [-0.25, -0.2) is 0 Å². The van der Waals surface area contributed by atoms with E-state index in [1.54, 1.807) is 36.4 Å². The van der Waals surface area contributed by atoms with Crippen molar-refractivity contribution < 1.29 is 37.2 Å². The standard InChI is InChI=1S/C46H36N3O2.C15H16N.Ir/c1-25(2)34-20-31(30-12-8-7-9-13-30)21-35(26(3)4)44(34)49-43-28(6)11-10-14-38(43)48-46(49)33-17-15-27(5)42-37-23-40-36(22-41(37)51-45(33)42)32-18-16-29(24-47)19-39(32)50-40;1-15(2,3)13-9-10-16-14(11-13)12-7-5-4-6-8-12;/h7-16,18-23,25-26H,1-6H3;4-7,9-11H,1-3H3;/q2*-1;/i5D3,6D3;;. The van der Waals surface area contributed by atoms with E-state index in [1.807, 2.05) is 65.4 Å². The van der Waals surface area contributed by atoms with Crippen molar-refractivity contribution in [1.82, 2.24) is 14.5 Å². The van der Waals surface area contributed by atoms with Crippen molar-refractivity contribution in [3.05, 3.63) is 185 Å². The second kappa shape index (κ2) is 18.2. The first-order valence-electron chi connectivity index (χ1n) is 25.6. The topological polar surface area (TPSA) is 80.8 Å². The van der Waals surface area contributed by atoms with Gasteiger partial charge in [0, 0.05) is 56.4 Å². The van der Waals surface area contributed by atoms with Crippen LogP contribution >= 0.6 is 0 Å². The molecule has 1 radical (unpaired) electrons. The number of fused-ring (bicyclic) bond motifs is 7. The second-order valence-electron chi connectivity index (χ2n) is 18.7. The monoisotopic (exact) mass is 1070 g/mol. The van der Waals surface area contributed by atoms with Crippen molar-refractivity contribution >= 4 is 54.9 Å². The molecule has 11 aromatic rings. The van der Waals surface area contributed by atoms with Crippen LogP contribution in [0.4, 0.5) is 0 Å². The van der Waals surface area contributed by atoms with Crippen molar-refractivity contribution in [2.75, 3.05) is 0 Å². The summed E-state index contributed by atoms with van der Waals surface area (Å²) < 4.78 is 66.6. The summed E-state index contributed by atoms with van der Waals surface area (Å²) in [5.41, 5.74) is 12.1. The number of furan rings is 2. The van der Waals surface area contributed by atoms with Crippen molar-refractivity contribution in [2.45, 2.75) is 79.4 Å². The predicted octanol–water partition coefficient (Wildman–Crippen LogP) is 16.5. The number of rotatable bonds is 6. The van der Waals surface area contributed by atoms with Crippen LogP contribution in [0.2, 0.25) is 0 Å². The Morgan fingerprint density at radius 2 is 1.43 bits per heavy atom. The molecule has 0 saturated carbocycles. The molecule has 0 bridgehead atoms. The summed E-state index contributed by atoms with van der Waals surface area (Å²) in [4.78, 5) is 9.56. The molecule has 0 atom stereocenters. The first kappa shape index (κ1) is 38.9. The molecular formula is C61H52IrN4O2-2. The van der Waals surface area contributed by atoms with Crippen molar-refractivity contribution in [1.29, 1.82) is 5.26 Å². The third-order valence-electron chi connectivity index (χ3n) is 12.5. The van der Waals surface area contributed by atoms with Gasteiger partial charge in [0.1, 0.15) is 16.7 Å². The van der Waals surface area contributed by atoms with E-state index in [4.69, 9.17) is 22.0 Å². The van der Waals surface area contributed by atoms with Crippen LogP contribution in [0.25, 0.3) is 94.4 Å². The van der Waals surface area contributed by atoms with Crippen LogP contribution in [-0.4, -0.2) is 14.5 Å². The molecule has 4 aromatic heterocycles. The quantitative estimate of drug-likeness (QED) is 0.155. The van der Waals surface area contributed by atoms with E-state index >= 15 is 0 Å². The molecule has 0 aliphatic carbocycles. The minimum absolute atomic E-state index is 0. The summed E-state index contributed by atoms with van der Waals surface area (Å²) in [6, 6.07) is 50.7. The number of aryl methyl sites for hydroxylation is 2. The Hall–Kier alpha value is -7.10. The molecule has 0 N–H and O–H groups in total. The SMILES string of the molecule is CC(C)(C)c1ccnc(-c2[c-]cccc2)c1.[2H]C([2H])([2H])c1c[c-]c(-c2nc3cccc(C([2H])([2H])[2H])c3n2-c2c(C(C)C)cc(-c3ccccc3)cc2C(C)C)c2oc3cc4c(cc3c12)oc1cc(C#N)ccc14.[Ir]. The summed E-state index contributed by atoms with van der Waals surface area (Å²) in [5, 5.41) is 11.9. The average Bonchev–Trinajstić information content (AvgIpc) is 4.05. The number of hydrogen-bond acceptors (Lipinski definition) is 5. The Balaban J connectivity index is 0.000000338. The molecule has 0 aliphatic heterocycles. The first-order valence-corrected chi connectivity index (χ1v) is 22.6. The summed E-state index contributed by atoms with van der Waals surface area (Å²) in [5.74, 6) is 0.389.